The molecule has 2 N–H and O–H groups in total. The second-order valence-corrected chi connectivity index (χ2v) is 11.5. The Balaban J connectivity index is 1.55. The van der Waals surface area contributed by atoms with Crippen molar-refractivity contribution in [3.8, 4) is 11.1 Å². The van der Waals surface area contributed by atoms with Crippen LogP contribution in [-0.2, 0) is 46.0 Å². The zero-order chi connectivity index (χ0) is 37.2. The fraction of sp³-hybridized carbons (Fsp3) is 0.289. The molecule has 0 radical (unpaired) electrons. The molecule has 0 bridgehead atoms. The molecule has 0 saturated carbocycles. The number of amides is 2. The van der Waals surface area contributed by atoms with Crippen molar-refractivity contribution in [2.75, 3.05) is 30.5 Å². The summed E-state index contributed by atoms with van der Waals surface area (Å²) in [5.74, 6) is -4.33. The van der Waals surface area contributed by atoms with Gasteiger partial charge >= 0.3 is 24.1 Å². The zero-order valence-corrected chi connectivity index (χ0v) is 28.2. The maximum Gasteiger partial charge on any atom is 0.416 e. The summed E-state index contributed by atoms with van der Waals surface area (Å²) < 4.78 is 55.4. The van der Waals surface area contributed by atoms with Crippen LogP contribution in [0.4, 0.5) is 24.5 Å². The molecule has 0 aromatic heterocycles. The van der Waals surface area contributed by atoms with Gasteiger partial charge in [0, 0.05) is 18.4 Å². The number of rotatable bonds is 13. The van der Waals surface area contributed by atoms with E-state index in [2.05, 4.69) is 10.6 Å². The molecule has 268 valence electrons. The van der Waals surface area contributed by atoms with Crippen molar-refractivity contribution in [1.82, 2.24) is 0 Å². The molecule has 3 aromatic rings. The quantitative estimate of drug-likeness (QED) is 0.111. The molecule has 1 aliphatic carbocycles. The van der Waals surface area contributed by atoms with E-state index >= 15 is 0 Å². The van der Waals surface area contributed by atoms with Gasteiger partial charge in [0.1, 0.15) is 6.61 Å². The third kappa shape index (κ3) is 9.30. The van der Waals surface area contributed by atoms with Crippen LogP contribution in [0.1, 0.15) is 48.7 Å². The summed E-state index contributed by atoms with van der Waals surface area (Å²) in [5, 5.41) is 5.34. The van der Waals surface area contributed by atoms with E-state index in [0.717, 1.165) is 12.1 Å². The van der Waals surface area contributed by atoms with Crippen LogP contribution in [0.5, 0.6) is 0 Å². The van der Waals surface area contributed by atoms with Gasteiger partial charge in [-0.1, -0.05) is 60.7 Å². The molecule has 51 heavy (non-hydrogen) atoms. The van der Waals surface area contributed by atoms with Crippen molar-refractivity contribution in [3.63, 3.8) is 0 Å². The number of esters is 3. The lowest BCUT2D eigenvalue weighted by Gasteiger charge is -2.34. The SMILES string of the molecule is CCOC(=O)C(COC(=O)Cc1ccc(NC(=O)c2ccccc2-c2ccc(C(F)(F)F)cc2)c(NC(C)=O)c1)(C(=O)OCC)C1C=CC=CC1. The van der Waals surface area contributed by atoms with E-state index < -0.39 is 59.4 Å². The topological polar surface area (TPSA) is 137 Å². The maximum atomic E-state index is 13.5. The molecule has 0 spiro atoms. The highest BCUT2D eigenvalue weighted by Crippen LogP contribution is 2.38. The second kappa shape index (κ2) is 16.8. The number of alkyl halides is 3. The standard InChI is InChI=1S/C38H37F3N2O8/c1-4-49-35(47)37(36(48)50-5-2,27-11-7-6-8-12-27)23-51-33(45)22-25-15-20-31(32(21-25)42-24(3)44)43-34(46)30-14-10-9-13-29(30)26-16-18-28(19-17-26)38(39,40)41/h6-11,13-21,27H,4-5,12,22-23H2,1-3H3,(H,42,44)(H,43,46). The molecule has 0 fully saturated rings. The lowest BCUT2D eigenvalue weighted by atomic mass is 9.72. The Hall–Kier alpha value is -5.72. The number of nitrogens with one attached hydrogen (secondary N) is 2. The minimum absolute atomic E-state index is 0.0182. The second-order valence-electron chi connectivity index (χ2n) is 11.5. The Bertz CT molecular complexity index is 1820. The Morgan fingerprint density at radius 3 is 2.06 bits per heavy atom. The predicted molar refractivity (Wildman–Crippen MR) is 182 cm³/mol. The number of halogens is 3. The summed E-state index contributed by atoms with van der Waals surface area (Å²) in [7, 11) is 0. The monoisotopic (exact) mass is 706 g/mol. The number of allylic oxidation sites excluding steroid dienone is 4. The maximum absolute atomic E-state index is 13.5. The van der Waals surface area contributed by atoms with Crippen molar-refractivity contribution >= 4 is 41.1 Å². The first-order valence-corrected chi connectivity index (χ1v) is 16.1. The van der Waals surface area contributed by atoms with Crippen LogP contribution in [0.3, 0.4) is 0 Å². The van der Waals surface area contributed by atoms with Crippen LogP contribution in [0.15, 0.2) is 91.0 Å². The van der Waals surface area contributed by atoms with Crippen molar-refractivity contribution in [2.45, 2.75) is 39.8 Å². The summed E-state index contributed by atoms with van der Waals surface area (Å²) in [6.07, 6.45) is 2.33. The third-order valence-electron chi connectivity index (χ3n) is 8.04. The molecule has 3 aromatic carbocycles. The van der Waals surface area contributed by atoms with Crippen molar-refractivity contribution in [2.24, 2.45) is 11.3 Å². The van der Waals surface area contributed by atoms with E-state index in [0.29, 0.717) is 23.1 Å². The molecular weight excluding hydrogens is 669 g/mol. The zero-order valence-electron chi connectivity index (χ0n) is 28.2. The van der Waals surface area contributed by atoms with Gasteiger partial charge in [0.25, 0.3) is 5.91 Å². The molecule has 1 unspecified atom stereocenters. The minimum Gasteiger partial charge on any atom is -0.465 e. The van der Waals surface area contributed by atoms with E-state index in [1.807, 2.05) is 0 Å². The highest BCUT2D eigenvalue weighted by atomic mass is 19.4. The average Bonchev–Trinajstić information content (AvgIpc) is 3.10. The lowest BCUT2D eigenvalue weighted by molar-refractivity contribution is -0.182. The van der Waals surface area contributed by atoms with Gasteiger partial charge in [-0.05, 0) is 67.3 Å². The van der Waals surface area contributed by atoms with Crippen LogP contribution in [-0.4, -0.2) is 49.5 Å². The Labute approximate surface area is 292 Å². The largest absolute Gasteiger partial charge is 0.465 e. The molecule has 0 aliphatic heterocycles. The molecule has 0 saturated heterocycles. The molecule has 13 heteroatoms. The number of ether oxygens (including phenoxy) is 3. The first kappa shape index (κ1) is 38.1. The van der Waals surface area contributed by atoms with Crippen LogP contribution in [0.2, 0.25) is 0 Å². The molecule has 1 atom stereocenters. The van der Waals surface area contributed by atoms with Gasteiger partial charge in [-0.2, -0.15) is 13.2 Å². The average molecular weight is 707 g/mol. The van der Waals surface area contributed by atoms with Crippen LogP contribution in [0.25, 0.3) is 11.1 Å². The number of anilines is 2. The fourth-order valence-electron chi connectivity index (χ4n) is 5.55. The highest BCUT2D eigenvalue weighted by Gasteiger charge is 2.55. The molecule has 0 heterocycles. The van der Waals surface area contributed by atoms with Crippen molar-refractivity contribution in [3.05, 3.63) is 108 Å². The lowest BCUT2D eigenvalue weighted by Crippen LogP contribution is -2.51. The smallest absolute Gasteiger partial charge is 0.416 e. The van der Waals surface area contributed by atoms with E-state index in [1.54, 1.807) is 56.4 Å². The van der Waals surface area contributed by atoms with Crippen LogP contribution in [0, 0.1) is 11.3 Å². The Morgan fingerprint density at radius 1 is 0.804 bits per heavy atom. The highest BCUT2D eigenvalue weighted by molar-refractivity contribution is 6.10. The van der Waals surface area contributed by atoms with Crippen LogP contribution >= 0.6 is 0 Å². The fourth-order valence-corrected chi connectivity index (χ4v) is 5.55. The number of carbonyl (C=O) groups excluding carboxylic acids is 5. The third-order valence-corrected chi connectivity index (χ3v) is 8.04. The van der Waals surface area contributed by atoms with E-state index in [9.17, 15) is 37.1 Å². The first-order valence-electron chi connectivity index (χ1n) is 16.1. The summed E-state index contributed by atoms with van der Waals surface area (Å²) in [5.41, 5.74) is -1.15. The van der Waals surface area contributed by atoms with Crippen LogP contribution < -0.4 is 10.6 Å². The summed E-state index contributed by atoms with van der Waals surface area (Å²) in [6, 6.07) is 15.2. The Kier molecular flexibility index (Phi) is 12.5. The van der Waals surface area contributed by atoms with E-state index in [1.165, 1.54) is 43.3 Å². The number of hydrogen-bond acceptors (Lipinski definition) is 8. The molecule has 1 aliphatic rings. The number of carbonyl (C=O) groups is 5. The van der Waals surface area contributed by atoms with Gasteiger partial charge in [0.2, 0.25) is 11.3 Å². The predicted octanol–water partition coefficient (Wildman–Crippen LogP) is 6.91. The van der Waals surface area contributed by atoms with Crippen molar-refractivity contribution in [1.29, 1.82) is 0 Å². The van der Waals surface area contributed by atoms with Gasteiger partial charge in [-0.15, -0.1) is 0 Å². The number of benzene rings is 3. The van der Waals surface area contributed by atoms with E-state index in [-0.39, 0.29) is 36.6 Å². The first-order chi connectivity index (χ1) is 24.3. The molecule has 10 nitrogen and oxygen atoms in total. The summed E-state index contributed by atoms with van der Waals surface area (Å²) in [6.45, 7) is 3.76. The van der Waals surface area contributed by atoms with Gasteiger partial charge < -0.3 is 24.8 Å². The van der Waals surface area contributed by atoms with Gasteiger partial charge in [0.15, 0.2) is 0 Å². The summed E-state index contributed by atoms with van der Waals surface area (Å²) >= 11 is 0. The molecule has 2 amide bonds. The van der Waals surface area contributed by atoms with Gasteiger partial charge in [-0.25, -0.2) is 0 Å². The molecular formula is C38H37F3N2O8. The van der Waals surface area contributed by atoms with Gasteiger partial charge in [-0.3, -0.25) is 24.0 Å². The minimum atomic E-state index is -4.52. The molecule has 4 rings (SSSR count). The summed E-state index contributed by atoms with van der Waals surface area (Å²) in [4.78, 5) is 65.3. The Morgan fingerprint density at radius 2 is 1.47 bits per heavy atom. The normalized spacial score (nSPS) is 14.0. The van der Waals surface area contributed by atoms with E-state index in [4.69, 9.17) is 14.2 Å². The van der Waals surface area contributed by atoms with Gasteiger partial charge in [0.05, 0.1) is 36.6 Å². The number of hydrogen-bond donors (Lipinski definition) is 2. The van der Waals surface area contributed by atoms with Crippen molar-refractivity contribution < 1.29 is 51.4 Å².